The van der Waals surface area contributed by atoms with Gasteiger partial charge in [-0.05, 0) is 24.3 Å². The molecule has 0 saturated heterocycles. The van der Waals surface area contributed by atoms with Gasteiger partial charge in [0, 0.05) is 0 Å². The topological polar surface area (TPSA) is 66.0 Å². The molecule has 0 bridgehead atoms. The lowest BCUT2D eigenvalue weighted by Crippen LogP contribution is -2.22. The maximum absolute atomic E-state index is 8.24. The summed E-state index contributed by atoms with van der Waals surface area (Å²) >= 11 is 5.78. The third-order valence-corrected chi connectivity index (χ3v) is 1.75. The van der Waals surface area contributed by atoms with Crippen LogP contribution in [-0.2, 0) is 9.47 Å². The molecule has 4 nitrogen and oxygen atoms in total. The van der Waals surface area contributed by atoms with Crippen molar-refractivity contribution in [2.24, 2.45) is 0 Å². The van der Waals surface area contributed by atoms with Gasteiger partial charge in [0.05, 0.1) is 0 Å². The van der Waals surface area contributed by atoms with Crippen molar-refractivity contribution in [2.75, 3.05) is 0 Å². The second-order valence-electron chi connectivity index (χ2n) is 2.28. The van der Waals surface area contributed by atoms with E-state index in [1.54, 1.807) is 6.26 Å². The first-order chi connectivity index (χ1) is 6.20. The Hall–Kier alpha value is -1.65. The van der Waals surface area contributed by atoms with E-state index in [9.17, 15) is 0 Å². The highest BCUT2D eigenvalue weighted by molar-refractivity contribution is 6.25. The lowest BCUT2D eigenvalue weighted by molar-refractivity contribution is 0.194. The largest absolute Gasteiger partial charge is 0.416 e. The summed E-state index contributed by atoms with van der Waals surface area (Å²) in [5, 5.41) is 15.2. The van der Waals surface area contributed by atoms with Crippen LogP contribution in [0.2, 0.25) is 0 Å². The lowest BCUT2D eigenvalue weighted by atomic mass is 10.1. The Labute approximate surface area is 80.2 Å². The molecule has 0 spiro atoms. The summed E-state index contributed by atoms with van der Waals surface area (Å²) in [6.07, 6.45) is 8.56. The van der Waals surface area contributed by atoms with Gasteiger partial charge in [0.15, 0.2) is 0 Å². The molecule has 1 rings (SSSR count). The first-order valence-electron chi connectivity index (χ1n) is 3.39. The third-order valence-electron chi connectivity index (χ3n) is 1.42. The Balaban J connectivity index is 2.64. The van der Waals surface area contributed by atoms with Crippen LogP contribution in [0.1, 0.15) is 0 Å². The number of hydrogen-bond acceptors (Lipinski definition) is 4. The molecule has 0 aromatic rings. The molecule has 1 aliphatic rings. The minimum Gasteiger partial charge on any atom is -0.416 e. The standard InChI is InChI=1S/C8H5ClN2O2/c9-8(13-6-11)3-1-7(2-4-8)12-5-10/h1-4,7H. The zero-order chi connectivity index (χ0) is 9.73. The molecule has 66 valence electrons. The molecule has 13 heavy (non-hydrogen) atoms. The molecular weight excluding hydrogens is 192 g/mol. The fourth-order valence-electron chi connectivity index (χ4n) is 0.849. The van der Waals surface area contributed by atoms with E-state index in [1.807, 2.05) is 0 Å². The molecule has 0 N–H and O–H groups in total. The van der Waals surface area contributed by atoms with Crippen LogP contribution in [0, 0.1) is 23.0 Å². The highest BCUT2D eigenvalue weighted by Gasteiger charge is 2.26. The number of ether oxygens (including phenoxy) is 2. The molecule has 0 fully saturated rings. The molecule has 0 aliphatic heterocycles. The van der Waals surface area contributed by atoms with Crippen molar-refractivity contribution < 1.29 is 9.47 Å². The SMILES string of the molecule is N#COC1C=CC(Cl)(OC#N)C=C1. The van der Waals surface area contributed by atoms with Crippen LogP contribution in [-0.4, -0.2) is 11.2 Å². The summed E-state index contributed by atoms with van der Waals surface area (Å²) in [6.45, 7) is 0. The summed E-state index contributed by atoms with van der Waals surface area (Å²) in [4.78, 5) is 0. The normalized spacial score (nSPS) is 30.2. The van der Waals surface area contributed by atoms with Crippen molar-refractivity contribution in [1.82, 2.24) is 0 Å². The van der Waals surface area contributed by atoms with Gasteiger partial charge in [0.1, 0.15) is 6.10 Å². The zero-order valence-corrected chi connectivity index (χ0v) is 7.23. The average molecular weight is 197 g/mol. The summed E-state index contributed by atoms with van der Waals surface area (Å²) < 4.78 is 9.14. The second kappa shape index (κ2) is 3.84. The number of alkyl halides is 1. The van der Waals surface area contributed by atoms with Crippen LogP contribution >= 0.6 is 11.6 Å². The van der Waals surface area contributed by atoms with Crippen LogP contribution in [0.15, 0.2) is 24.3 Å². The van der Waals surface area contributed by atoms with Crippen molar-refractivity contribution in [1.29, 1.82) is 10.5 Å². The van der Waals surface area contributed by atoms with Gasteiger partial charge in [0.2, 0.25) is 5.06 Å². The van der Waals surface area contributed by atoms with E-state index in [-0.39, 0.29) is 0 Å². The molecular formula is C8H5ClN2O2. The Kier molecular flexibility index (Phi) is 2.79. The Morgan fingerprint density at radius 2 is 1.85 bits per heavy atom. The third kappa shape index (κ3) is 2.40. The number of hydrogen-bond donors (Lipinski definition) is 0. The van der Waals surface area contributed by atoms with Crippen LogP contribution in [0.4, 0.5) is 0 Å². The van der Waals surface area contributed by atoms with Gasteiger partial charge in [0.25, 0.3) is 12.5 Å². The second-order valence-corrected chi connectivity index (χ2v) is 2.87. The zero-order valence-electron chi connectivity index (χ0n) is 6.48. The van der Waals surface area contributed by atoms with E-state index in [1.165, 1.54) is 30.6 Å². The molecule has 1 aliphatic carbocycles. The fourth-order valence-corrected chi connectivity index (χ4v) is 1.03. The summed E-state index contributed by atoms with van der Waals surface area (Å²) in [5.74, 6) is 0. The van der Waals surface area contributed by atoms with Crippen LogP contribution in [0.3, 0.4) is 0 Å². The van der Waals surface area contributed by atoms with Crippen LogP contribution < -0.4 is 0 Å². The average Bonchev–Trinajstić information content (AvgIpc) is 2.10. The first kappa shape index (κ1) is 9.44. The van der Waals surface area contributed by atoms with Crippen molar-refractivity contribution in [3.63, 3.8) is 0 Å². The molecule has 0 saturated carbocycles. The molecule has 0 unspecified atom stereocenters. The minimum absolute atomic E-state index is 0.431. The maximum Gasteiger partial charge on any atom is 0.288 e. The van der Waals surface area contributed by atoms with Gasteiger partial charge in [-0.25, -0.2) is 0 Å². The molecule has 0 radical (unpaired) electrons. The number of halogens is 1. The molecule has 5 heteroatoms. The molecule has 0 aromatic heterocycles. The van der Waals surface area contributed by atoms with Crippen molar-refractivity contribution in [2.45, 2.75) is 11.2 Å². The highest BCUT2D eigenvalue weighted by atomic mass is 35.5. The van der Waals surface area contributed by atoms with Gasteiger partial charge in [-0.1, -0.05) is 11.6 Å². The Morgan fingerprint density at radius 1 is 1.23 bits per heavy atom. The number of nitriles is 2. The Morgan fingerprint density at radius 3 is 2.31 bits per heavy atom. The molecule has 0 heterocycles. The van der Waals surface area contributed by atoms with E-state index in [0.717, 1.165) is 0 Å². The number of rotatable bonds is 2. The predicted octanol–water partition coefficient (Wildman–Crippen LogP) is 1.41. The van der Waals surface area contributed by atoms with Crippen molar-refractivity contribution in [3.05, 3.63) is 24.3 Å². The monoisotopic (exact) mass is 196 g/mol. The summed E-state index contributed by atoms with van der Waals surface area (Å²) in [6, 6.07) is 0. The molecule has 0 amide bonds. The van der Waals surface area contributed by atoms with E-state index in [4.69, 9.17) is 22.1 Å². The van der Waals surface area contributed by atoms with Gasteiger partial charge in [-0.15, -0.1) is 0 Å². The van der Waals surface area contributed by atoms with E-state index in [2.05, 4.69) is 9.47 Å². The molecule has 0 atom stereocenters. The van der Waals surface area contributed by atoms with Crippen LogP contribution in [0.25, 0.3) is 0 Å². The quantitative estimate of drug-likeness (QED) is 0.381. The highest BCUT2D eigenvalue weighted by Crippen LogP contribution is 2.24. The van der Waals surface area contributed by atoms with Gasteiger partial charge in [-0.3, -0.25) is 0 Å². The van der Waals surface area contributed by atoms with Crippen LogP contribution in [0.5, 0.6) is 0 Å². The minimum atomic E-state index is -1.23. The summed E-state index contributed by atoms with van der Waals surface area (Å²) in [7, 11) is 0. The smallest absolute Gasteiger partial charge is 0.288 e. The van der Waals surface area contributed by atoms with E-state index < -0.39 is 11.2 Å². The maximum atomic E-state index is 8.24. The summed E-state index contributed by atoms with van der Waals surface area (Å²) in [5.41, 5.74) is 0. The molecule has 0 aromatic carbocycles. The van der Waals surface area contributed by atoms with Gasteiger partial charge in [-0.2, -0.15) is 10.5 Å². The van der Waals surface area contributed by atoms with Gasteiger partial charge >= 0.3 is 0 Å². The Bertz CT molecular complexity index is 310. The van der Waals surface area contributed by atoms with E-state index >= 15 is 0 Å². The first-order valence-corrected chi connectivity index (χ1v) is 3.77. The van der Waals surface area contributed by atoms with Crippen molar-refractivity contribution in [3.8, 4) is 12.5 Å². The fraction of sp³-hybridized carbons (Fsp3) is 0.250. The number of nitrogens with zero attached hydrogens (tertiary/aromatic N) is 2. The van der Waals surface area contributed by atoms with Gasteiger partial charge < -0.3 is 9.47 Å². The predicted molar refractivity (Wildman–Crippen MR) is 44.0 cm³/mol. The van der Waals surface area contributed by atoms with E-state index in [0.29, 0.717) is 0 Å². The lowest BCUT2D eigenvalue weighted by Gasteiger charge is -2.19. The van der Waals surface area contributed by atoms with Crippen molar-refractivity contribution >= 4 is 11.6 Å².